The van der Waals surface area contributed by atoms with Crippen molar-refractivity contribution in [2.75, 3.05) is 13.2 Å². The minimum absolute atomic E-state index is 0.188. The third-order valence-corrected chi connectivity index (χ3v) is 5.22. The molecule has 1 aromatic rings. The second kappa shape index (κ2) is 11.3. The Bertz CT molecular complexity index is 675. The smallest absolute Gasteiger partial charge is 0.407 e. The van der Waals surface area contributed by atoms with Gasteiger partial charge < -0.3 is 24.5 Å². The molecule has 0 saturated heterocycles. The van der Waals surface area contributed by atoms with Gasteiger partial charge in [0.15, 0.2) is 0 Å². The number of carbonyl (C=O) groups excluding carboxylic acids is 2. The summed E-state index contributed by atoms with van der Waals surface area (Å²) in [5, 5.41) is 12.4. The van der Waals surface area contributed by atoms with E-state index in [2.05, 4.69) is 14.9 Å². The van der Waals surface area contributed by atoms with E-state index in [1.54, 1.807) is 6.92 Å². The molecule has 1 aliphatic carbocycles. The highest BCUT2D eigenvalue weighted by atomic mass is 16.6. The van der Waals surface area contributed by atoms with Crippen molar-refractivity contribution in [1.82, 2.24) is 14.9 Å². The fourth-order valence-corrected chi connectivity index (χ4v) is 3.71. The number of nitrogens with zero attached hydrogens (tertiary/aromatic N) is 2. The van der Waals surface area contributed by atoms with E-state index < -0.39 is 11.7 Å². The molecule has 2 N–H and O–H groups in total. The van der Waals surface area contributed by atoms with Crippen molar-refractivity contribution in [3.05, 3.63) is 18.2 Å². The molecule has 1 amide bonds. The van der Waals surface area contributed by atoms with E-state index in [1.807, 2.05) is 33.3 Å². The highest BCUT2D eigenvalue weighted by molar-refractivity contribution is 5.72. The first-order valence-corrected chi connectivity index (χ1v) is 11.0. The molecule has 1 aliphatic rings. The molecule has 170 valence electrons. The lowest BCUT2D eigenvalue weighted by Crippen LogP contribution is -2.33. The topological polar surface area (TPSA) is 103 Å². The number of ether oxygens (including phenoxy) is 2. The summed E-state index contributed by atoms with van der Waals surface area (Å²) in [6.07, 6.45) is 8.44. The number of carbonyl (C=O) groups is 2. The number of aliphatic hydroxyl groups excluding tert-OH is 1. The van der Waals surface area contributed by atoms with E-state index in [-0.39, 0.29) is 18.0 Å². The lowest BCUT2D eigenvalue weighted by Gasteiger charge is -2.26. The van der Waals surface area contributed by atoms with Gasteiger partial charge in [0, 0.05) is 25.2 Å². The Morgan fingerprint density at radius 3 is 2.63 bits per heavy atom. The zero-order valence-corrected chi connectivity index (χ0v) is 18.7. The second-order valence-corrected chi connectivity index (χ2v) is 9.00. The van der Waals surface area contributed by atoms with Gasteiger partial charge in [-0.15, -0.1) is 0 Å². The molecule has 0 spiro atoms. The van der Waals surface area contributed by atoms with Crippen molar-refractivity contribution < 1.29 is 24.2 Å². The maximum Gasteiger partial charge on any atom is 0.407 e. The average Bonchev–Trinajstić information content (AvgIpc) is 3.12. The molecular formula is C22H37N3O5. The van der Waals surface area contributed by atoms with Crippen LogP contribution in [0.5, 0.6) is 0 Å². The summed E-state index contributed by atoms with van der Waals surface area (Å²) in [6, 6.07) is 0.355. The Kier molecular flexibility index (Phi) is 9.14. The number of imidazole rings is 1. The van der Waals surface area contributed by atoms with Crippen LogP contribution in [-0.2, 0) is 20.7 Å². The van der Waals surface area contributed by atoms with Gasteiger partial charge in [-0.2, -0.15) is 0 Å². The molecule has 0 aliphatic heterocycles. The van der Waals surface area contributed by atoms with Crippen LogP contribution in [-0.4, -0.2) is 51.6 Å². The minimum Gasteiger partial charge on any atom is -0.466 e. The molecule has 1 unspecified atom stereocenters. The van der Waals surface area contributed by atoms with E-state index in [0.717, 1.165) is 31.4 Å². The second-order valence-electron chi connectivity index (χ2n) is 9.00. The van der Waals surface area contributed by atoms with Crippen LogP contribution in [0.4, 0.5) is 4.79 Å². The number of aromatic nitrogens is 2. The SMILES string of the molecule is CCOC(=O)C(CCCNC(=O)OC(C)(C)C)Cc1cn([C@H]2CC[C@@H](O)CC2)cn1. The molecule has 30 heavy (non-hydrogen) atoms. The standard InChI is InChI=1S/C22H37N3O5/c1-5-29-20(27)16(7-6-12-23-21(28)30-22(2,3)4)13-17-14-25(15-24-17)18-8-10-19(26)11-9-18/h14-16,18-19,26H,5-13H2,1-4H3,(H,23,28)/t16?,18-,19+. The predicted octanol–water partition coefficient (Wildman–Crippen LogP) is 3.39. The van der Waals surface area contributed by atoms with Gasteiger partial charge >= 0.3 is 12.1 Å². The first-order valence-electron chi connectivity index (χ1n) is 11.0. The zero-order chi connectivity index (χ0) is 22.1. The van der Waals surface area contributed by atoms with E-state index in [9.17, 15) is 14.7 Å². The highest BCUT2D eigenvalue weighted by Gasteiger charge is 2.24. The van der Waals surface area contributed by atoms with Crippen molar-refractivity contribution in [3.8, 4) is 0 Å². The highest BCUT2D eigenvalue weighted by Crippen LogP contribution is 2.28. The van der Waals surface area contributed by atoms with Gasteiger partial charge in [-0.1, -0.05) is 0 Å². The van der Waals surface area contributed by atoms with Crippen LogP contribution >= 0.6 is 0 Å². The van der Waals surface area contributed by atoms with Crippen molar-refractivity contribution in [3.63, 3.8) is 0 Å². The summed E-state index contributed by atoms with van der Waals surface area (Å²) in [5.74, 6) is -0.535. The van der Waals surface area contributed by atoms with Crippen molar-refractivity contribution in [2.45, 2.75) is 90.4 Å². The number of rotatable bonds is 9. The van der Waals surface area contributed by atoms with Gasteiger partial charge in [-0.25, -0.2) is 9.78 Å². The number of esters is 1. The largest absolute Gasteiger partial charge is 0.466 e. The van der Waals surface area contributed by atoms with Crippen LogP contribution in [0.15, 0.2) is 12.5 Å². The van der Waals surface area contributed by atoms with Gasteiger partial charge in [0.25, 0.3) is 0 Å². The number of hydrogen-bond donors (Lipinski definition) is 2. The van der Waals surface area contributed by atoms with E-state index in [4.69, 9.17) is 9.47 Å². The van der Waals surface area contributed by atoms with Gasteiger partial charge in [0.1, 0.15) is 5.60 Å². The monoisotopic (exact) mass is 423 g/mol. The molecule has 1 saturated carbocycles. The number of hydrogen-bond acceptors (Lipinski definition) is 6. The van der Waals surface area contributed by atoms with Gasteiger partial charge in [-0.3, -0.25) is 4.79 Å². The summed E-state index contributed by atoms with van der Waals surface area (Å²) in [7, 11) is 0. The summed E-state index contributed by atoms with van der Waals surface area (Å²) in [6.45, 7) is 8.02. The first kappa shape index (κ1) is 24.2. The van der Waals surface area contributed by atoms with Crippen molar-refractivity contribution in [2.24, 2.45) is 5.92 Å². The summed E-state index contributed by atoms with van der Waals surface area (Å²) < 4.78 is 12.6. The Hall–Kier alpha value is -2.09. The van der Waals surface area contributed by atoms with Crippen molar-refractivity contribution in [1.29, 1.82) is 0 Å². The third-order valence-electron chi connectivity index (χ3n) is 5.22. The lowest BCUT2D eigenvalue weighted by molar-refractivity contribution is -0.148. The molecule has 1 atom stereocenters. The fourth-order valence-electron chi connectivity index (χ4n) is 3.71. The summed E-state index contributed by atoms with van der Waals surface area (Å²) in [5.41, 5.74) is 0.326. The molecule has 0 bridgehead atoms. The maximum atomic E-state index is 12.4. The Balaban J connectivity index is 1.86. The van der Waals surface area contributed by atoms with E-state index in [1.165, 1.54) is 0 Å². The molecule has 1 heterocycles. The minimum atomic E-state index is -0.535. The lowest BCUT2D eigenvalue weighted by atomic mass is 9.93. The first-order chi connectivity index (χ1) is 14.2. The molecule has 2 rings (SSSR count). The van der Waals surface area contributed by atoms with Crippen LogP contribution in [0.1, 0.15) is 78.0 Å². The number of amides is 1. The number of nitrogens with one attached hydrogen (secondary N) is 1. The Labute approximate surface area is 179 Å². The van der Waals surface area contributed by atoms with Crippen LogP contribution in [0, 0.1) is 5.92 Å². The molecule has 8 nitrogen and oxygen atoms in total. The molecule has 8 heteroatoms. The maximum absolute atomic E-state index is 12.4. The number of aliphatic hydroxyl groups is 1. The predicted molar refractivity (Wildman–Crippen MR) is 113 cm³/mol. The third kappa shape index (κ3) is 8.34. The van der Waals surface area contributed by atoms with Crippen LogP contribution in [0.3, 0.4) is 0 Å². The molecule has 0 radical (unpaired) electrons. The molecule has 1 aromatic heterocycles. The molecule has 0 aromatic carbocycles. The number of alkyl carbamates (subject to hydrolysis) is 1. The normalized spacial score (nSPS) is 20.4. The van der Waals surface area contributed by atoms with Crippen LogP contribution in [0.2, 0.25) is 0 Å². The van der Waals surface area contributed by atoms with Crippen molar-refractivity contribution >= 4 is 12.1 Å². The average molecular weight is 424 g/mol. The molecular weight excluding hydrogens is 386 g/mol. The Morgan fingerprint density at radius 1 is 1.30 bits per heavy atom. The summed E-state index contributed by atoms with van der Waals surface area (Å²) >= 11 is 0. The van der Waals surface area contributed by atoms with Gasteiger partial charge in [0.05, 0.1) is 30.7 Å². The van der Waals surface area contributed by atoms with Crippen LogP contribution < -0.4 is 5.32 Å². The molecule has 1 fully saturated rings. The zero-order valence-electron chi connectivity index (χ0n) is 18.7. The van der Waals surface area contributed by atoms with Gasteiger partial charge in [-0.05, 0) is 66.2 Å². The summed E-state index contributed by atoms with van der Waals surface area (Å²) in [4.78, 5) is 28.7. The van der Waals surface area contributed by atoms with E-state index >= 15 is 0 Å². The van der Waals surface area contributed by atoms with E-state index in [0.29, 0.717) is 38.5 Å². The van der Waals surface area contributed by atoms with Gasteiger partial charge in [0.2, 0.25) is 0 Å². The quantitative estimate of drug-likeness (QED) is 0.466. The van der Waals surface area contributed by atoms with Crippen LogP contribution in [0.25, 0.3) is 0 Å². The Morgan fingerprint density at radius 2 is 2.00 bits per heavy atom. The fraction of sp³-hybridized carbons (Fsp3) is 0.773.